The number of nitrogens with one attached hydrogen (secondary N) is 1. The largest absolute Gasteiger partial charge is 0.377 e. The minimum absolute atomic E-state index is 0.180. The molecular weight excluding hydrogens is 381 g/mol. The molecule has 4 rings (SSSR count). The van der Waals surface area contributed by atoms with Gasteiger partial charge in [0.05, 0.1) is 12.3 Å². The average Bonchev–Trinajstić information content (AvgIpc) is 3.17. The van der Waals surface area contributed by atoms with Gasteiger partial charge in [0, 0.05) is 24.4 Å². The Labute approximate surface area is 175 Å². The number of carbonyl (C=O) groups excluding carboxylic acids is 1. The quantitative estimate of drug-likeness (QED) is 0.633. The van der Waals surface area contributed by atoms with Crippen LogP contribution in [0.25, 0.3) is 5.69 Å². The smallest absolute Gasteiger partial charge is 0.272 e. The summed E-state index contributed by atoms with van der Waals surface area (Å²) in [6.07, 6.45) is 3.80. The predicted molar refractivity (Wildman–Crippen MR) is 113 cm³/mol. The number of amides is 1. The Kier molecular flexibility index (Phi) is 6.23. The Bertz CT molecular complexity index is 1030. The number of hydrogen-bond donors (Lipinski definition) is 1. The Morgan fingerprint density at radius 2 is 1.83 bits per heavy atom. The summed E-state index contributed by atoms with van der Waals surface area (Å²) in [5.74, 6) is -0.469. The first-order chi connectivity index (χ1) is 14.7. The molecule has 2 aromatic carbocycles. The maximum absolute atomic E-state index is 13.3. The number of hydrogen-bond acceptors (Lipinski definition) is 3. The summed E-state index contributed by atoms with van der Waals surface area (Å²) in [5, 5.41) is 7.66. The molecule has 0 fully saturated rings. The highest BCUT2D eigenvalue weighted by atomic mass is 19.1. The van der Waals surface area contributed by atoms with Gasteiger partial charge in [-0.25, -0.2) is 9.07 Å². The lowest BCUT2D eigenvalue weighted by molar-refractivity contribution is 0.0943. The summed E-state index contributed by atoms with van der Waals surface area (Å²) in [6, 6.07) is 14.2. The zero-order valence-corrected chi connectivity index (χ0v) is 17.2. The van der Waals surface area contributed by atoms with Gasteiger partial charge in [-0.15, -0.1) is 0 Å². The molecule has 30 heavy (non-hydrogen) atoms. The van der Waals surface area contributed by atoms with Crippen molar-refractivity contribution >= 4 is 5.91 Å². The van der Waals surface area contributed by atoms with E-state index in [1.54, 1.807) is 16.8 Å². The molecule has 6 heteroatoms. The molecule has 0 unspecified atom stereocenters. The third-order valence-corrected chi connectivity index (χ3v) is 5.49. The molecule has 156 valence electrons. The van der Waals surface area contributed by atoms with Gasteiger partial charge < -0.3 is 10.1 Å². The Balaban J connectivity index is 1.57. The lowest BCUT2D eigenvalue weighted by atomic mass is 9.95. The maximum Gasteiger partial charge on any atom is 0.272 e. The molecule has 1 aliphatic carbocycles. The first-order valence-corrected chi connectivity index (χ1v) is 10.5. The van der Waals surface area contributed by atoms with Gasteiger partial charge in [-0.1, -0.05) is 24.3 Å². The molecule has 0 atom stereocenters. The van der Waals surface area contributed by atoms with E-state index in [1.165, 1.54) is 12.1 Å². The number of benzene rings is 2. The van der Waals surface area contributed by atoms with Crippen LogP contribution in [0.2, 0.25) is 0 Å². The summed E-state index contributed by atoms with van der Waals surface area (Å²) < 4.78 is 20.7. The summed E-state index contributed by atoms with van der Waals surface area (Å²) in [4.78, 5) is 13.0. The van der Waals surface area contributed by atoms with Crippen LogP contribution in [0, 0.1) is 5.82 Å². The fourth-order valence-corrected chi connectivity index (χ4v) is 3.92. The van der Waals surface area contributed by atoms with Gasteiger partial charge >= 0.3 is 0 Å². The standard InChI is InChI=1S/C24H26FN3O2/c1-2-30-16-18-8-4-3-7-17(18)15-26-24(29)23-21-9-5-6-10-22(21)28(27-23)20-13-11-19(25)12-14-20/h3-4,7-8,11-14H,2,5-6,9-10,15-16H2,1H3,(H,26,29). The summed E-state index contributed by atoms with van der Waals surface area (Å²) in [7, 11) is 0. The van der Waals surface area contributed by atoms with Gasteiger partial charge in [0.15, 0.2) is 5.69 Å². The number of carbonyl (C=O) groups is 1. The molecule has 0 spiro atoms. The fourth-order valence-electron chi connectivity index (χ4n) is 3.92. The fraction of sp³-hybridized carbons (Fsp3) is 0.333. The number of halogens is 1. The molecular formula is C24H26FN3O2. The van der Waals surface area contributed by atoms with Crippen LogP contribution in [-0.4, -0.2) is 22.3 Å². The van der Waals surface area contributed by atoms with Crippen LogP contribution in [0.3, 0.4) is 0 Å². The zero-order chi connectivity index (χ0) is 20.9. The van der Waals surface area contributed by atoms with Crippen molar-refractivity contribution in [2.75, 3.05) is 6.61 Å². The Morgan fingerprint density at radius 1 is 1.10 bits per heavy atom. The molecule has 0 bridgehead atoms. The summed E-state index contributed by atoms with van der Waals surface area (Å²) >= 11 is 0. The van der Waals surface area contributed by atoms with Crippen molar-refractivity contribution in [1.29, 1.82) is 0 Å². The van der Waals surface area contributed by atoms with Crippen molar-refractivity contribution in [1.82, 2.24) is 15.1 Å². The van der Waals surface area contributed by atoms with Crippen LogP contribution < -0.4 is 5.32 Å². The van der Waals surface area contributed by atoms with Crippen molar-refractivity contribution in [3.8, 4) is 5.69 Å². The van der Waals surface area contributed by atoms with Crippen molar-refractivity contribution in [3.63, 3.8) is 0 Å². The maximum atomic E-state index is 13.3. The molecule has 1 aromatic heterocycles. The third-order valence-electron chi connectivity index (χ3n) is 5.49. The molecule has 1 heterocycles. The van der Waals surface area contributed by atoms with Gasteiger partial charge in [0.1, 0.15) is 5.82 Å². The number of rotatable bonds is 7. The summed E-state index contributed by atoms with van der Waals surface area (Å²) in [6.45, 7) is 3.55. The first kappa shape index (κ1) is 20.3. The van der Waals surface area contributed by atoms with Gasteiger partial charge in [0.25, 0.3) is 5.91 Å². The van der Waals surface area contributed by atoms with E-state index in [4.69, 9.17) is 4.74 Å². The number of fused-ring (bicyclic) bond motifs is 1. The van der Waals surface area contributed by atoms with E-state index in [9.17, 15) is 9.18 Å². The van der Waals surface area contributed by atoms with Crippen molar-refractivity contribution in [3.05, 3.63) is 82.4 Å². The topological polar surface area (TPSA) is 56.1 Å². The minimum atomic E-state index is -0.288. The molecule has 0 radical (unpaired) electrons. The SMILES string of the molecule is CCOCc1ccccc1CNC(=O)c1nn(-c2ccc(F)cc2)c2c1CCCC2. The van der Waals surface area contributed by atoms with E-state index < -0.39 is 0 Å². The molecule has 0 saturated carbocycles. The van der Waals surface area contributed by atoms with E-state index >= 15 is 0 Å². The normalized spacial score (nSPS) is 13.1. The van der Waals surface area contributed by atoms with E-state index in [1.807, 2.05) is 31.2 Å². The van der Waals surface area contributed by atoms with E-state index in [2.05, 4.69) is 10.4 Å². The molecule has 1 amide bonds. The lowest BCUT2D eigenvalue weighted by Gasteiger charge is -2.14. The molecule has 3 aromatic rings. The Morgan fingerprint density at radius 3 is 2.60 bits per heavy atom. The first-order valence-electron chi connectivity index (χ1n) is 10.5. The minimum Gasteiger partial charge on any atom is -0.377 e. The van der Waals surface area contributed by atoms with Crippen LogP contribution in [0.5, 0.6) is 0 Å². The monoisotopic (exact) mass is 407 g/mol. The number of nitrogens with zero attached hydrogens (tertiary/aromatic N) is 2. The van der Waals surface area contributed by atoms with Crippen molar-refractivity contribution < 1.29 is 13.9 Å². The molecule has 1 N–H and O–H groups in total. The lowest BCUT2D eigenvalue weighted by Crippen LogP contribution is -2.25. The second-order valence-electron chi connectivity index (χ2n) is 7.46. The van der Waals surface area contributed by atoms with Crippen LogP contribution in [-0.2, 0) is 30.7 Å². The average molecular weight is 407 g/mol. The number of ether oxygens (including phenoxy) is 1. The van der Waals surface area contributed by atoms with Gasteiger partial charge in [-0.3, -0.25) is 4.79 Å². The highest BCUT2D eigenvalue weighted by Gasteiger charge is 2.25. The van der Waals surface area contributed by atoms with E-state index in [0.29, 0.717) is 25.5 Å². The predicted octanol–water partition coefficient (Wildman–Crippen LogP) is 4.36. The second-order valence-corrected chi connectivity index (χ2v) is 7.46. The van der Waals surface area contributed by atoms with E-state index in [0.717, 1.165) is 53.8 Å². The third kappa shape index (κ3) is 4.28. The molecule has 5 nitrogen and oxygen atoms in total. The molecule has 1 aliphatic rings. The van der Waals surface area contributed by atoms with Gasteiger partial charge in [-0.2, -0.15) is 5.10 Å². The van der Waals surface area contributed by atoms with Crippen LogP contribution in [0.1, 0.15) is 52.6 Å². The highest BCUT2D eigenvalue weighted by molar-refractivity contribution is 5.94. The van der Waals surface area contributed by atoms with Gasteiger partial charge in [-0.05, 0) is 68.0 Å². The summed E-state index contributed by atoms with van der Waals surface area (Å²) in [5.41, 5.74) is 5.40. The highest BCUT2D eigenvalue weighted by Crippen LogP contribution is 2.27. The second kappa shape index (κ2) is 9.22. The Hall–Kier alpha value is -2.99. The van der Waals surface area contributed by atoms with E-state index in [-0.39, 0.29) is 11.7 Å². The van der Waals surface area contributed by atoms with Crippen molar-refractivity contribution in [2.45, 2.75) is 45.8 Å². The van der Waals surface area contributed by atoms with Crippen LogP contribution >= 0.6 is 0 Å². The molecule has 0 aliphatic heterocycles. The van der Waals surface area contributed by atoms with Gasteiger partial charge in [0.2, 0.25) is 0 Å². The molecule has 0 saturated heterocycles. The number of aromatic nitrogens is 2. The van der Waals surface area contributed by atoms with Crippen molar-refractivity contribution in [2.24, 2.45) is 0 Å². The zero-order valence-electron chi connectivity index (χ0n) is 17.2. The van der Waals surface area contributed by atoms with Crippen LogP contribution in [0.4, 0.5) is 4.39 Å². The van der Waals surface area contributed by atoms with Crippen LogP contribution in [0.15, 0.2) is 48.5 Å².